The molecule has 5 nitrogen and oxygen atoms in total. The number of aromatic nitrogens is 1. The minimum absolute atomic E-state index is 0.0463. The molecule has 0 spiro atoms. The summed E-state index contributed by atoms with van der Waals surface area (Å²) in [6.07, 6.45) is 9.04. The fourth-order valence-electron chi connectivity index (χ4n) is 5.89. The van der Waals surface area contributed by atoms with E-state index in [-0.39, 0.29) is 17.9 Å². The number of carbonyl (C=O) groups excluding carboxylic acids is 2. The zero-order valence-corrected chi connectivity index (χ0v) is 22.2. The van der Waals surface area contributed by atoms with Gasteiger partial charge in [-0.15, -0.1) is 0 Å². The second-order valence-electron chi connectivity index (χ2n) is 10.9. The Morgan fingerprint density at radius 1 is 0.865 bits per heavy atom. The highest BCUT2D eigenvalue weighted by atomic mass is 16.2. The van der Waals surface area contributed by atoms with E-state index in [2.05, 4.69) is 48.6 Å². The van der Waals surface area contributed by atoms with Gasteiger partial charge in [-0.05, 0) is 55.0 Å². The van der Waals surface area contributed by atoms with Crippen molar-refractivity contribution in [2.75, 3.05) is 0 Å². The summed E-state index contributed by atoms with van der Waals surface area (Å²) in [6.45, 7) is 4.92. The number of rotatable bonds is 6. The third-order valence-electron chi connectivity index (χ3n) is 8.28. The summed E-state index contributed by atoms with van der Waals surface area (Å²) in [7, 11) is 0. The number of nitrogens with zero attached hydrogens (tertiary/aromatic N) is 2. The number of hydrogen-bond acceptors (Lipinski definition) is 2. The molecule has 1 N–H and O–H groups in total. The molecule has 2 aromatic carbocycles. The van der Waals surface area contributed by atoms with Crippen molar-refractivity contribution in [1.82, 2.24) is 14.8 Å². The van der Waals surface area contributed by atoms with Crippen LogP contribution in [-0.4, -0.2) is 32.9 Å². The van der Waals surface area contributed by atoms with E-state index in [4.69, 9.17) is 0 Å². The smallest absolute Gasteiger partial charge is 0.271 e. The molecule has 1 aliphatic heterocycles. The van der Waals surface area contributed by atoms with Crippen molar-refractivity contribution in [2.24, 2.45) is 0 Å². The van der Waals surface area contributed by atoms with E-state index in [0.717, 1.165) is 48.9 Å². The standard InChI is InChI=1S/C32H39N3O2/c1-3-24-16-18-25(19-17-24)22-35-30(36)29-21-20-28(26-12-8-7-9-13-26)34(29)23-32(35,2)31(37)33-27-14-10-5-4-6-11-15-27/h7-9,12-13,16-21,27H,3-6,10-11,14-15,22-23H2,1-2H3,(H,33,37)/t32-/m1/s1. The summed E-state index contributed by atoms with van der Waals surface area (Å²) in [6, 6.07) is 22.6. The van der Waals surface area contributed by atoms with Gasteiger partial charge in [-0.2, -0.15) is 0 Å². The van der Waals surface area contributed by atoms with Crippen LogP contribution in [0.4, 0.5) is 0 Å². The van der Waals surface area contributed by atoms with Gasteiger partial charge in [0.25, 0.3) is 5.91 Å². The third kappa shape index (κ3) is 5.22. The predicted molar refractivity (Wildman–Crippen MR) is 148 cm³/mol. The number of nitrogens with one attached hydrogen (secondary N) is 1. The molecule has 1 atom stereocenters. The summed E-state index contributed by atoms with van der Waals surface area (Å²) in [4.78, 5) is 29.9. The molecule has 2 amide bonds. The highest BCUT2D eigenvalue weighted by Gasteiger charge is 2.48. The van der Waals surface area contributed by atoms with Crippen LogP contribution >= 0.6 is 0 Å². The molecule has 5 heteroatoms. The van der Waals surface area contributed by atoms with Gasteiger partial charge >= 0.3 is 0 Å². The Kier molecular flexibility index (Phi) is 7.50. The highest BCUT2D eigenvalue weighted by Crippen LogP contribution is 2.34. The molecule has 0 radical (unpaired) electrons. The normalized spacial score (nSPS) is 20.7. The van der Waals surface area contributed by atoms with E-state index in [1.54, 1.807) is 4.90 Å². The van der Waals surface area contributed by atoms with Crippen LogP contribution in [-0.2, 0) is 24.3 Å². The maximum atomic E-state index is 14.1. The van der Waals surface area contributed by atoms with E-state index < -0.39 is 5.54 Å². The van der Waals surface area contributed by atoms with E-state index in [1.165, 1.54) is 24.8 Å². The third-order valence-corrected chi connectivity index (χ3v) is 8.28. The van der Waals surface area contributed by atoms with E-state index in [9.17, 15) is 9.59 Å². The number of hydrogen-bond donors (Lipinski definition) is 1. The maximum Gasteiger partial charge on any atom is 0.271 e. The Balaban J connectivity index is 1.50. The van der Waals surface area contributed by atoms with Gasteiger partial charge in [-0.25, -0.2) is 0 Å². The van der Waals surface area contributed by atoms with Gasteiger partial charge < -0.3 is 14.8 Å². The van der Waals surface area contributed by atoms with Crippen molar-refractivity contribution in [3.63, 3.8) is 0 Å². The second kappa shape index (κ2) is 11.0. The Hall–Kier alpha value is -3.34. The molecule has 1 saturated carbocycles. The van der Waals surface area contributed by atoms with E-state index in [1.807, 2.05) is 41.8 Å². The average molecular weight is 498 g/mol. The summed E-state index contributed by atoms with van der Waals surface area (Å²) in [5.74, 6) is -0.140. The van der Waals surface area contributed by atoms with Gasteiger partial charge in [-0.1, -0.05) is 93.6 Å². The van der Waals surface area contributed by atoms with Crippen LogP contribution in [0, 0.1) is 0 Å². The first-order valence-corrected chi connectivity index (χ1v) is 14.0. The van der Waals surface area contributed by atoms with Gasteiger partial charge in [-0.3, -0.25) is 9.59 Å². The molecule has 2 heterocycles. The molecule has 3 aromatic rings. The summed E-state index contributed by atoms with van der Waals surface area (Å²) in [5.41, 5.74) is 3.96. The molecular formula is C32H39N3O2. The fraction of sp³-hybridized carbons (Fsp3) is 0.438. The van der Waals surface area contributed by atoms with Crippen molar-refractivity contribution in [1.29, 1.82) is 0 Å². The van der Waals surface area contributed by atoms with Crippen LogP contribution in [0.2, 0.25) is 0 Å². The minimum Gasteiger partial charge on any atom is -0.351 e. The first-order chi connectivity index (χ1) is 18.0. The molecule has 0 unspecified atom stereocenters. The molecule has 5 rings (SSSR count). The van der Waals surface area contributed by atoms with Crippen molar-refractivity contribution < 1.29 is 9.59 Å². The Labute approximate surface area is 220 Å². The minimum atomic E-state index is -1.00. The van der Waals surface area contributed by atoms with Gasteiger partial charge in [0.2, 0.25) is 5.91 Å². The fourth-order valence-corrected chi connectivity index (χ4v) is 5.89. The van der Waals surface area contributed by atoms with Crippen LogP contribution in [0.15, 0.2) is 66.7 Å². The van der Waals surface area contributed by atoms with Crippen LogP contribution < -0.4 is 5.32 Å². The molecule has 0 saturated heterocycles. The monoisotopic (exact) mass is 497 g/mol. The molecule has 1 fully saturated rings. The lowest BCUT2D eigenvalue weighted by Crippen LogP contribution is -2.64. The molecule has 1 aliphatic carbocycles. The largest absolute Gasteiger partial charge is 0.351 e. The van der Waals surface area contributed by atoms with E-state index in [0.29, 0.717) is 18.8 Å². The molecule has 2 aliphatic rings. The highest BCUT2D eigenvalue weighted by molar-refractivity contribution is 6.00. The zero-order chi connectivity index (χ0) is 25.8. The van der Waals surface area contributed by atoms with Crippen LogP contribution in [0.25, 0.3) is 11.3 Å². The summed E-state index contributed by atoms with van der Waals surface area (Å²) < 4.78 is 2.05. The summed E-state index contributed by atoms with van der Waals surface area (Å²) >= 11 is 0. The Morgan fingerprint density at radius 3 is 2.16 bits per heavy atom. The number of amides is 2. The first-order valence-electron chi connectivity index (χ1n) is 14.0. The number of carbonyl (C=O) groups is 2. The average Bonchev–Trinajstić information content (AvgIpc) is 3.32. The quantitative estimate of drug-likeness (QED) is 0.431. The SMILES string of the molecule is CCc1ccc(CN2C(=O)c3ccc(-c4ccccc4)n3C[C@]2(C)C(=O)NC2CCCCCCC2)cc1. The topological polar surface area (TPSA) is 54.3 Å². The van der Waals surface area contributed by atoms with Crippen molar-refractivity contribution >= 4 is 11.8 Å². The Bertz CT molecular complexity index is 1220. The van der Waals surface area contributed by atoms with Crippen molar-refractivity contribution in [3.05, 3.63) is 83.6 Å². The van der Waals surface area contributed by atoms with Gasteiger partial charge in [0, 0.05) is 18.3 Å². The van der Waals surface area contributed by atoms with Crippen LogP contribution in [0.3, 0.4) is 0 Å². The van der Waals surface area contributed by atoms with Gasteiger partial charge in [0.1, 0.15) is 11.2 Å². The van der Waals surface area contributed by atoms with Crippen LogP contribution in [0.1, 0.15) is 80.4 Å². The molecule has 0 bridgehead atoms. The number of aryl methyl sites for hydroxylation is 1. The molecular weight excluding hydrogens is 458 g/mol. The zero-order valence-electron chi connectivity index (χ0n) is 22.2. The van der Waals surface area contributed by atoms with Crippen molar-refractivity contribution in [3.8, 4) is 11.3 Å². The number of benzene rings is 2. The van der Waals surface area contributed by atoms with Crippen molar-refractivity contribution in [2.45, 2.75) is 89.9 Å². The first kappa shape index (κ1) is 25.3. The lowest BCUT2D eigenvalue weighted by Gasteiger charge is -2.45. The molecule has 37 heavy (non-hydrogen) atoms. The lowest BCUT2D eigenvalue weighted by molar-refractivity contribution is -0.134. The molecule has 194 valence electrons. The van der Waals surface area contributed by atoms with Crippen LogP contribution in [0.5, 0.6) is 0 Å². The maximum absolute atomic E-state index is 14.1. The van der Waals surface area contributed by atoms with Gasteiger partial charge in [0.15, 0.2) is 0 Å². The van der Waals surface area contributed by atoms with E-state index >= 15 is 0 Å². The Morgan fingerprint density at radius 2 is 1.49 bits per heavy atom. The number of fused-ring (bicyclic) bond motifs is 1. The molecule has 1 aromatic heterocycles. The van der Waals surface area contributed by atoms with Gasteiger partial charge in [0.05, 0.1) is 6.54 Å². The second-order valence-corrected chi connectivity index (χ2v) is 10.9. The lowest BCUT2D eigenvalue weighted by atomic mass is 9.91. The predicted octanol–water partition coefficient (Wildman–Crippen LogP) is 6.36. The summed E-state index contributed by atoms with van der Waals surface area (Å²) in [5, 5.41) is 3.39.